The molecule has 7 nitrogen and oxygen atoms in total. The second-order valence-electron chi connectivity index (χ2n) is 4.88. The van der Waals surface area contributed by atoms with Crippen molar-refractivity contribution >= 4 is 11.7 Å². The van der Waals surface area contributed by atoms with Crippen molar-refractivity contribution < 1.29 is 29.6 Å². The van der Waals surface area contributed by atoms with Crippen LogP contribution in [0.5, 0.6) is 0 Å². The normalized spacial score (nSPS) is 32.5. The van der Waals surface area contributed by atoms with E-state index in [1.165, 1.54) is 6.92 Å². The summed E-state index contributed by atoms with van der Waals surface area (Å²) in [6.07, 6.45) is -6.29. The minimum Gasteiger partial charge on any atom is -0.429 e. The van der Waals surface area contributed by atoms with Crippen molar-refractivity contribution in [3.05, 3.63) is 29.8 Å². The molecule has 7 heteroatoms. The quantitative estimate of drug-likeness (QED) is 0.568. The molecule has 5 atom stereocenters. The van der Waals surface area contributed by atoms with Crippen LogP contribution in [0.1, 0.15) is 17.3 Å². The minimum atomic E-state index is -1.51. The van der Waals surface area contributed by atoms with Gasteiger partial charge in [-0.3, -0.25) is 0 Å². The van der Waals surface area contributed by atoms with Gasteiger partial charge in [-0.05, 0) is 19.1 Å². The van der Waals surface area contributed by atoms with Crippen molar-refractivity contribution in [3.63, 3.8) is 0 Å². The lowest BCUT2D eigenvalue weighted by Gasteiger charge is -2.38. The highest BCUT2D eigenvalue weighted by Crippen LogP contribution is 2.24. The third-order valence-corrected chi connectivity index (χ3v) is 3.45. The van der Waals surface area contributed by atoms with Crippen molar-refractivity contribution in [2.45, 2.75) is 37.6 Å². The second-order valence-corrected chi connectivity index (χ2v) is 4.88. The Labute approximate surface area is 122 Å². The van der Waals surface area contributed by atoms with Crippen molar-refractivity contribution in [2.75, 3.05) is 12.4 Å². The standard InChI is InChI=1S/C14H19NO6/c1-7-10(16)11(17)12(18)14(20-7)21-13(19)8-5-3-4-6-9(8)15-2/h3-7,10-12,14-18H,1-2H3. The maximum Gasteiger partial charge on any atom is 0.342 e. The molecule has 0 bridgehead atoms. The Balaban J connectivity index is 2.12. The van der Waals surface area contributed by atoms with E-state index >= 15 is 0 Å². The average Bonchev–Trinajstić information content (AvgIpc) is 2.50. The zero-order valence-corrected chi connectivity index (χ0v) is 11.8. The SMILES string of the molecule is CNc1ccccc1C(=O)OC1OC(C)C(O)C(O)C1O. The maximum absolute atomic E-state index is 12.1. The summed E-state index contributed by atoms with van der Waals surface area (Å²) < 4.78 is 10.3. The van der Waals surface area contributed by atoms with Crippen LogP contribution in [0.15, 0.2) is 24.3 Å². The van der Waals surface area contributed by atoms with Gasteiger partial charge in [0.15, 0.2) is 0 Å². The van der Waals surface area contributed by atoms with E-state index in [1.807, 2.05) is 0 Å². The molecule has 1 aromatic rings. The van der Waals surface area contributed by atoms with Crippen LogP contribution in [-0.2, 0) is 9.47 Å². The molecule has 1 aromatic carbocycles. The minimum absolute atomic E-state index is 0.282. The monoisotopic (exact) mass is 297 g/mol. The van der Waals surface area contributed by atoms with Crippen LogP contribution in [-0.4, -0.2) is 59.0 Å². The summed E-state index contributed by atoms with van der Waals surface area (Å²) in [7, 11) is 1.67. The Bertz CT molecular complexity index is 508. The molecule has 116 valence electrons. The number of esters is 1. The molecule has 0 amide bonds. The van der Waals surface area contributed by atoms with Gasteiger partial charge in [-0.25, -0.2) is 4.79 Å². The van der Waals surface area contributed by atoms with E-state index in [4.69, 9.17) is 9.47 Å². The average molecular weight is 297 g/mol. The molecule has 4 N–H and O–H groups in total. The molecule has 21 heavy (non-hydrogen) atoms. The van der Waals surface area contributed by atoms with Gasteiger partial charge in [0.25, 0.3) is 0 Å². The summed E-state index contributed by atoms with van der Waals surface area (Å²) in [5.74, 6) is -0.695. The fourth-order valence-corrected chi connectivity index (χ4v) is 2.16. The largest absolute Gasteiger partial charge is 0.429 e. The molecule has 1 heterocycles. The molecule has 0 saturated carbocycles. The van der Waals surface area contributed by atoms with Gasteiger partial charge in [0.2, 0.25) is 6.29 Å². The van der Waals surface area contributed by atoms with Crippen molar-refractivity contribution in [3.8, 4) is 0 Å². The van der Waals surface area contributed by atoms with Crippen molar-refractivity contribution in [1.29, 1.82) is 0 Å². The molecule has 1 saturated heterocycles. The fraction of sp³-hybridized carbons (Fsp3) is 0.500. The Hall–Kier alpha value is -1.67. The lowest BCUT2D eigenvalue weighted by atomic mass is 10.00. The first-order chi connectivity index (χ1) is 9.95. The lowest BCUT2D eigenvalue weighted by Crippen LogP contribution is -2.57. The summed E-state index contributed by atoms with van der Waals surface area (Å²) >= 11 is 0. The summed E-state index contributed by atoms with van der Waals surface area (Å²) in [4.78, 5) is 12.1. The Morgan fingerprint density at radius 2 is 1.86 bits per heavy atom. The molecular formula is C14H19NO6. The first-order valence-corrected chi connectivity index (χ1v) is 6.63. The number of ether oxygens (including phenoxy) is 2. The zero-order chi connectivity index (χ0) is 15.6. The number of nitrogens with one attached hydrogen (secondary N) is 1. The van der Waals surface area contributed by atoms with Crippen LogP contribution in [0, 0.1) is 0 Å². The molecule has 1 aliphatic heterocycles. The topological polar surface area (TPSA) is 108 Å². The van der Waals surface area contributed by atoms with Crippen LogP contribution in [0.3, 0.4) is 0 Å². The van der Waals surface area contributed by atoms with Crippen molar-refractivity contribution in [2.24, 2.45) is 0 Å². The molecule has 1 aliphatic rings. The number of carbonyl (C=O) groups excluding carboxylic acids is 1. The van der Waals surface area contributed by atoms with Gasteiger partial charge in [-0.1, -0.05) is 12.1 Å². The predicted molar refractivity (Wildman–Crippen MR) is 73.8 cm³/mol. The number of rotatable bonds is 3. The molecule has 1 fully saturated rings. The van der Waals surface area contributed by atoms with Gasteiger partial charge in [-0.15, -0.1) is 0 Å². The Morgan fingerprint density at radius 3 is 2.52 bits per heavy atom. The van der Waals surface area contributed by atoms with Gasteiger partial charge in [0, 0.05) is 12.7 Å². The summed E-state index contributed by atoms with van der Waals surface area (Å²) in [6.45, 7) is 1.52. The summed E-state index contributed by atoms with van der Waals surface area (Å²) in [6, 6.07) is 6.71. The van der Waals surface area contributed by atoms with Crippen LogP contribution >= 0.6 is 0 Å². The predicted octanol–water partition coefficient (Wildman–Crippen LogP) is -0.287. The van der Waals surface area contributed by atoms with E-state index in [2.05, 4.69) is 5.32 Å². The third kappa shape index (κ3) is 3.16. The van der Waals surface area contributed by atoms with E-state index in [9.17, 15) is 20.1 Å². The smallest absolute Gasteiger partial charge is 0.342 e. The number of hydrogen-bond acceptors (Lipinski definition) is 7. The van der Waals surface area contributed by atoms with E-state index in [0.29, 0.717) is 5.69 Å². The fourth-order valence-electron chi connectivity index (χ4n) is 2.16. The van der Waals surface area contributed by atoms with E-state index in [-0.39, 0.29) is 5.56 Å². The van der Waals surface area contributed by atoms with Gasteiger partial charge in [0.1, 0.15) is 18.3 Å². The Morgan fingerprint density at radius 1 is 1.19 bits per heavy atom. The van der Waals surface area contributed by atoms with E-state index in [0.717, 1.165) is 0 Å². The zero-order valence-electron chi connectivity index (χ0n) is 11.8. The lowest BCUT2D eigenvalue weighted by molar-refractivity contribution is -0.276. The van der Waals surface area contributed by atoms with Gasteiger partial charge in [0.05, 0.1) is 11.7 Å². The second kappa shape index (κ2) is 6.40. The number of benzene rings is 1. The number of aliphatic hydroxyl groups is 3. The van der Waals surface area contributed by atoms with Crippen LogP contribution in [0.2, 0.25) is 0 Å². The van der Waals surface area contributed by atoms with E-state index < -0.39 is 36.7 Å². The number of hydrogen-bond donors (Lipinski definition) is 4. The summed E-state index contributed by atoms with van der Waals surface area (Å²) in [5.41, 5.74) is 0.852. The van der Waals surface area contributed by atoms with Crippen LogP contribution < -0.4 is 5.32 Å². The number of aliphatic hydroxyl groups excluding tert-OH is 3. The molecular weight excluding hydrogens is 278 g/mol. The molecule has 5 unspecified atom stereocenters. The molecule has 0 radical (unpaired) electrons. The third-order valence-electron chi connectivity index (χ3n) is 3.45. The van der Waals surface area contributed by atoms with Crippen molar-refractivity contribution in [1.82, 2.24) is 0 Å². The molecule has 0 aromatic heterocycles. The van der Waals surface area contributed by atoms with Gasteiger partial charge in [-0.2, -0.15) is 0 Å². The van der Waals surface area contributed by atoms with Crippen LogP contribution in [0.25, 0.3) is 0 Å². The maximum atomic E-state index is 12.1. The molecule has 2 rings (SSSR count). The highest BCUT2D eigenvalue weighted by Gasteiger charge is 2.43. The van der Waals surface area contributed by atoms with Gasteiger partial charge >= 0.3 is 5.97 Å². The van der Waals surface area contributed by atoms with Crippen LogP contribution in [0.4, 0.5) is 5.69 Å². The first kappa shape index (κ1) is 15.7. The number of para-hydroxylation sites is 1. The summed E-state index contributed by atoms with van der Waals surface area (Å²) in [5, 5.41) is 31.9. The highest BCUT2D eigenvalue weighted by molar-refractivity contribution is 5.95. The first-order valence-electron chi connectivity index (χ1n) is 6.63. The molecule has 0 spiro atoms. The van der Waals surface area contributed by atoms with E-state index in [1.54, 1.807) is 31.3 Å². The van der Waals surface area contributed by atoms with Gasteiger partial charge < -0.3 is 30.1 Å². The highest BCUT2D eigenvalue weighted by atomic mass is 16.7. The number of carbonyl (C=O) groups is 1. The number of anilines is 1. The molecule has 0 aliphatic carbocycles. The Kier molecular flexibility index (Phi) is 4.79.